The van der Waals surface area contributed by atoms with Crippen LogP contribution in [0.2, 0.25) is 0 Å². The summed E-state index contributed by atoms with van der Waals surface area (Å²) in [7, 11) is 0. The third-order valence-electron chi connectivity index (χ3n) is 2.86. The number of thioether (sulfide) groups is 1. The summed E-state index contributed by atoms with van der Waals surface area (Å²) in [4.78, 5) is 0. The Morgan fingerprint density at radius 3 is 2.47 bits per heavy atom. The summed E-state index contributed by atoms with van der Waals surface area (Å²) >= 11 is 2.04. The molecule has 1 rings (SSSR count). The van der Waals surface area contributed by atoms with Crippen molar-refractivity contribution in [3.05, 3.63) is 35.9 Å². The molecule has 1 unspecified atom stereocenters. The third kappa shape index (κ3) is 6.13. The van der Waals surface area contributed by atoms with Crippen LogP contribution in [0.4, 0.5) is 0 Å². The number of benzene rings is 1. The summed E-state index contributed by atoms with van der Waals surface area (Å²) in [5.41, 5.74) is 1.47. The topological polar surface area (TPSA) is 12.0 Å². The molecule has 0 aliphatic rings. The normalized spacial score (nSPS) is 12.9. The van der Waals surface area contributed by atoms with E-state index in [-0.39, 0.29) is 0 Å². The van der Waals surface area contributed by atoms with E-state index in [1.165, 1.54) is 23.5 Å². The highest BCUT2D eigenvalue weighted by Crippen LogP contribution is 2.21. The van der Waals surface area contributed by atoms with Crippen LogP contribution in [-0.4, -0.2) is 24.1 Å². The molecule has 1 aromatic rings. The average Bonchev–Trinajstić information content (AvgIpc) is 2.34. The Bertz CT molecular complexity index is 284. The fourth-order valence-corrected chi connectivity index (χ4v) is 2.60. The van der Waals surface area contributed by atoms with Gasteiger partial charge in [-0.15, -0.1) is 0 Å². The Hall–Kier alpha value is -0.470. The van der Waals surface area contributed by atoms with Crippen molar-refractivity contribution >= 4 is 11.8 Å². The highest BCUT2D eigenvalue weighted by molar-refractivity contribution is 7.99. The predicted molar refractivity (Wildman–Crippen MR) is 79.9 cm³/mol. The minimum absolute atomic E-state index is 0.569. The van der Waals surface area contributed by atoms with Gasteiger partial charge in [-0.1, -0.05) is 51.1 Å². The van der Waals surface area contributed by atoms with Crippen LogP contribution in [0.15, 0.2) is 30.3 Å². The zero-order valence-electron chi connectivity index (χ0n) is 11.3. The molecule has 0 amide bonds. The first-order valence-corrected chi connectivity index (χ1v) is 7.75. The number of rotatable bonds is 8. The van der Waals surface area contributed by atoms with Gasteiger partial charge < -0.3 is 5.32 Å². The summed E-state index contributed by atoms with van der Waals surface area (Å²) in [5, 5.41) is 3.56. The molecule has 0 bridgehead atoms. The van der Waals surface area contributed by atoms with Crippen molar-refractivity contribution in [2.45, 2.75) is 39.2 Å². The molecule has 0 saturated heterocycles. The van der Waals surface area contributed by atoms with E-state index in [4.69, 9.17) is 0 Å². The monoisotopic (exact) mass is 251 g/mol. The molecule has 2 heteroatoms. The fraction of sp³-hybridized carbons (Fsp3) is 0.600. The van der Waals surface area contributed by atoms with Crippen LogP contribution >= 0.6 is 11.8 Å². The zero-order valence-corrected chi connectivity index (χ0v) is 12.1. The first-order chi connectivity index (χ1) is 8.24. The molecule has 96 valence electrons. The second kappa shape index (κ2) is 8.60. The summed E-state index contributed by atoms with van der Waals surface area (Å²) in [6.07, 6.45) is 1.27. The van der Waals surface area contributed by atoms with Gasteiger partial charge in [-0.3, -0.25) is 0 Å². The lowest BCUT2D eigenvalue weighted by atomic mass is 9.96. The molecule has 0 aliphatic heterocycles. The fourth-order valence-electron chi connectivity index (χ4n) is 1.86. The molecule has 17 heavy (non-hydrogen) atoms. The molecule has 0 fully saturated rings. The molecule has 1 N–H and O–H groups in total. The Balaban J connectivity index is 2.52. The SMILES string of the molecule is CCSCCC(CNC(C)C)c1ccccc1. The van der Waals surface area contributed by atoms with Crippen molar-refractivity contribution in [1.29, 1.82) is 0 Å². The van der Waals surface area contributed by atoms with Crippen LogP contribution in [0.5, 0.6) is 0 Å². The third-order valence-corrected chi connectivity index (χ3v) is 3.79. The van der Waals surface area contributed by atoms with Crippen molar-refractivity contribution in [3.8, 4) is 0 Å². The molecule has 0 aliphatic carbocycles. The van der Waals surface area contributed by atoms with Crippen LogP contribution in [0.25, 0.3) is 0 Å². The molecule has 0 heterocycles. The maximum Gasteiger partial charge on any atom is 0.00228 e. The van der Waals surface area contributed by atoms with Gasteiger partial charge in [0.15, 0.2) is 0 Å². The lowest BCUT2D eigenvalue weighted by Crippen LogP contribution is -2.28. The molecule has 0 aromatic heterocycles. The van der Waals surface area contributed by atoms with Crippen LogP contribution in [-0.2, 0) is 0 Å². The van der Waals surface area contributed by atoms with Gasteiger partial charge in [0.25, 0.3) is 0 Å². The average molecular weight is 251 g/mol. The van der Waals surface area contributed by atoms with Crippen LogP contribution in [0, 0.1) is 0 Å². The zero-order chi connectivity index (χ0) is 12.5. The molecule has 1 aromatic carbocycles. The van der Waals surface area contributed by atoms with E-state index in [0.29, 0.717) is 12.0 Å². The number of hydrogen-bond acceptors (Lipinski definition) is 2. The van der Waals surface area contributed by atoms with Crippen molar-refractivity contribution < 1.29 is 0 Å². The molecule has 0 saturated carbocycles. The van der Waals surface area contributed by atoms with Crippen molar-refractivity contribution in [2.24, 2.45) is 0 Å². The first-order valence-electron chi connectivity index (χ1n) is 6.60. The van der Waals surface area contributed by atoms with Crippen molar-refractivity contribution in [3.63, 3.8) is 0 Å². The first kappa shape index (κ1) is 14.6. The van der Waals surface area contributed by atoms with Crippen LogP contribution in [0.3, 0.4) is 0 Å². The van der Waals surface area contributed by atoms with Crippen molar-refractivity contribution in [2.75, 3.05) is 18.1 Å². The Kier molecular flexibility index (Phi) is 7.38. The van der Waals surface area contributed by atoms with E-state index in [1.54, 1.807) is 0 Å². The van der Waals surface area contributed by atoms with Gasteiger partial charge in [0.1, 0.15) is 0 Å². The van der Waals surface area contributed by atoms with E-state index in [9.17, 15) is 0 Å². The van der Waals surface area contributed by atoms with Gasteiger partial charge in [0, 0.05) is 12.6 Å². The second-order valence-electron chi connectivity index (χ2n) is 4.66. The minimum atomic E-state index is 0.569. The van der Waals surface area contributed by atoms with Crippen LogP contribution in [0.1, 0.15) is 38.7 Å². The highest BCUT2D eigenvalue weighted by Gasteiger charge is 2.11. The van der Waals surface area contributed by atoms with Gasteiger partial charge in [-0.05, 0) is 29.4 Å². The Morgan fingerprint density at radius 1 is 1.18 bits per heavy atom. The van der Waals surface area contributed by atoms with E-state index < -0.39 is 0 Å². The summed E-state index contributed by atoms with van der Waals surface area (Å²) in [6, 6.07) is 11.5. The van der Waals surface area contributed by atoms with Gasteiger partial charge in [-0.2, -0.15) is 11.8 Å². The molecular weight excluding hydrogens is 226 g/mol. The quantitative estimate of drug-likeness (QED) is 0.703. The number of hydrogen-bond donors (Lipinski definition) is 1. The molecule has 1 atom stereocenters. The number of nitrogens with one attached hydrogen (secondary N) is 1. The Labute approximate surface area is 110 Å². The largest absolute Gasteiger partial charge is 0.314 e. The maximum atomic E-state index is 3.56. The maximum absolute atomic E-state index is 3.56. The minimum Gasteiger partial charge on any atom is -0.314 e. The van der Waals surface area contributed by atoms with Gasteiger partial charge in [-0.25, -0.2) is 0 Å². The molecule has 0 spiro atoms. The Morgan fingerprint density at radius 2 is 1.88 bits per heavy atom. The summed E-state index contributed by atoms with van der Waals surface area (Å²) in [6.45, 7) is 7.74. The summed E-state index contributed by atoms with van der Waals surface area (Å²) < 4.78 is 0. The summed E-state index contributed by atoms with van der Waals surface area (Å²) in [5.74, 6) is 3.13. The second-order valence-corrected chi connectivity index (χ2v) is 6.05. The molecule has 0 radical (unpaired) electrons. The molecule has 1 nitrogen and oxygen atoms in total. The van der Waals surface area contributed by atoms with Crippen LogP contribution < -0.4 is 5.32 Å². The van der Waals surface area contributed by atoms with E-state index in [2.05, 4.69) is 56.4 Å². The van der Waals surface area contributed by atoms with E-state index in [1.807, 2.05) is 11.8 Å². The lowest BCUT2D eigenvalue weighted by Gasteiger charge is -2.19. The van der Waals surface area contributed by atoms with E-state index >= 15 is 0 Å². The van der Waals surface area contributed by atoms with Gasteiger partial charge in [0.05, 0.1) is 0 Å². The highest BCUT2D eigenvalue weighted by atomic mass is 32.2. The standard InChI is InChI=1S/C15H25NS/c1-4-17-11-10-15(12-16-13(2)3)14-8-6-5-7-9-14/h5-9,13,15-16H,4,10-12H2,1-3H3. The molecular formula is C15H25NS. The predicted octanol–water partition coefficient (Wildman–Crippen LogP) is 3.91. The van der Waals surface area contributed by atoms with Gasteiger partial charge >= 0.3 is 0 Å². The van der Waals surface area contributed by atoms with Gasteiger partial charge in [0.2, 0.25) is 0 Å². The van der Waals surface area contributed by atoms with Crippen molar-refractivity contribution in [1.82, 2.24) is 5.32 Å². The smallest absolute Gasteiger partial charge is 0.00228 e. The van der Waals surface area contributed by atoms with E-state index in [0.717, 1.165) is 6.54 Å². The lowest BCUT2D eigenvalue weighted by molar-refractivity contribution is 0.522.